The maximum Gasteiger partial charge on any atom is 0.240 e. The van der Waals surface area contributed by atoms with Crippen LogP contribution in [0.5, 0.6) is 11.5 Å². The van der Waals surface area contributed by atoms with Gasteiger partial charge in [-0.25, -0.2) is 5.43 Å². The van der Waals surface area contributed by atoms with Gasteiger partial charge in [-0.05, 0) is 37.1 Å². The minimum Gasteiger partial charge on any atom is -0.493 e. The first-order chi connectivity index (χ1) is 10.2. The zero-order chi connectivity index (χ0) is 15.5. The summed E-state index contributed by atoms with van der Waals surface area (Å²) in [6.45, 7) is 4.61. The number of carbonyl (C=O) groups is 1. The van der Waals surface area contributed by atoms with Gasteiger partial charge in [0.25, 0.3) is 0 Å². The molecule has 116 valence electrons. The Morgan fingerprint density at radius 2 is 2.10 bits per heavy atom. The number of nitrogens with zero attached hydrogens (tertiary/aromatic N) is 1. The molecule has 0 aliphatic carbocycles. The predicted molar refractivity (Wildman–Crippen MR) is 84.0 cm³/mol. The van der Waals surface area contributed by atoms with Crippen molar-refractivity contribution in [3.63, 3.8) is 0 Å². The number of unbranched alkanes of at least 4 members (excludes halogenated alkanes) is 2. The van der Waals surface area contributed by atoms with E-state index in [0.717, 1.165) is 24.8 Å². The number of carbonyl (C=O) groups excluding carboxylic acids is 1. The second-order valence-electron chi connectivity index (χ2n) is 4.59. The molecule has 0 saturated carbocycles. The molecule has 0 aromatic heterocycles. The van der Waals surface area contributed by atoms with Gasteiger partial charge in [0, 0.05) is 6.42 Å². The lowest BCUT2D eigenvalue weighted by Crippen LogP contribution is -2.16. The number of nitrogens with one attached hydrogen (secondary N) is 1. The number of amides is 1. The molecule has 0 radical (unpaired) electrons. The monoisotopic (exact) mass is 292 g/mol. The van der Waals surface area contributed by atoms with Crippen LogP contribution in [0.1, 0.15) is 45.1 Å². The minimum absolute atomic E-state index is 0.0578. The molecule has 0 bridgehead atoms. The highest BCUT2D eigenvalue weighted by atomic mass is 16.5. The highest BCUT2D eigenvalue weighted by molar-refractivity contribution is 5.83. The second kappa shape index (κ2) is 9.80. The first-order valence-corrected chi connectivity index (χ1v) is 7.34. The number of hydrazone groups is 1. The lowest BCUT2D eigenvalue weighted by atomic mass is 10.2. The molecule has 1 N–H and O–H groups in total. The van der Waals surface area contributed by atoms with Crippen molar-refractivity contribution in [2.45, 2.75) is 39.5 Å². The van der Waals surface area contributed by atoms with Gasteiger partial charge < -0.3 is 9.47 Å². The zero-order valence-electron chi connectivity index (χ0n) is 13.0. The van der Waals surface area contributed by atoms with E-state index in [1.165, 1.54) is 0 Å². The number of benzene rings is 1. The summed E-state index contributed by atoms with van der Waals surface area (Å²) in [7, 11) is 1.59. The van der Waals surface area contributed by atoms with E-state index < -0.39 is 0 Å². The summed E-state index contributed by atoms with van der Waals surface area (Å²) in [6, 6.07) is 5.50. The van der Waals surface area contributed by atoms with Crippen LogP contribution in [0.15, 0.2) is 23.3 Å². The average Bonchev–Trinajstić information content (AvgIpc) is 2.49. The summed E-state index contributed by atoms with van der Waals surface area (Å²) in [4.78, 5) is 11.5. The van der Waals surface area contributed by atoms with Gasteiger partial charge in [-0.3, -0.25) is 4.79 Å². The summed E-state index contributed by atoms with van der Waals surface area (Å²) in [5.41, 5.74) is 3.36. The molecular weight excluding hydrogens is 268 g/mol. The van der Waals surface area contributed by atoms with Crippen molar-refractivity contribution in [1.29, 1.82) is 0 Å². The van der Waals surface area contributed by atoms with Crippen LogP contribution in [-0.2, 0) is 4.79 Å². The Morgan fingerprint density at radius 3 is 2.76 bits per heavy atom. The fourth-order valence-corrected chi connectivity index (χ4v) is 1.81. The molecule has 1 rings (SSSR count). The van der Waals surface area contributed by atoms with E-state index in [0.29, 0.717) is 24.5 Å². The summed E-state index contributed by atoms with van der Waals surface area (Å²) in [5.74, 6) is 1.29. The molecule has 5 nitrogen and oxygen atoms in total. The molecule has 1 aromatic rings. The van der Waals surface area contributed by atoms with E-state index >= 15 is 0 Å². The molecule has 0 aliphatic rings. The van der Waals surface area contributed by atoms with Crippen LogP contribution in [-0.4, -0.2) is 25.8 Å². The van der Waals surface area contributed by atoms with Gasteiger partial charge in [-0.1, -0.05) is 19.8 Å². The van der Waals surface area contributed by atoms with Gasteiger partial charge in [-0.15, -0.1) is 0 Å². The molecule has 21 heavy (non-hydrogen) atoms. The largest absolute Gasteiger partial charge is 0.493 e. The molecular formula is C16H24N2O3. The third kappa shape index (κ3) is 6.29. The van der Waals surface area contributed by atoms with E-state index in [1.807, 2.05) is 25.1 Å². The van der Waals surface area contributed by atoms with Crippen molar-refractivity contribution in [2.75, 3.05) is 13.7 Å². The Morgan fingerprint density at radius 1 is 1.29 bits per heavy atom. The van der Waals surface area contributed by atoms with E-state index in [9.17, 15) is 4.79 Å². The fourth-order valence-electron chi connectivity index (χ4n) is 1.81. The van der Waals surface area contributed by atoms with Crippen LogP contribution >= 0.6 is 0 Å². The Hall–Kier alpha value is -2.04. The molecule has 1 amide bonds. The average molecular weight is 292 g/mol. The number of hydrogen-bond acceptors (Lipinski definition) is 4. The molecule has 0 atom stereocenters. The maximum atomic E-state index is 11.5. The quantitative estimate of drug-likeness (QED) is 0.432. The van der Waals surface area contributed by atoms with E-state index in [-0.39, 0.29) is 5.91 Å². The van der Waals surface area contributed by atoms with E-state index in [2.05, 4.69) is 17.5 Å². The van der Waals surface area contributed by atoms with Crippen molar-refractivity contribution < 1.29 is 14.3 Å². The van der Waals surface area contributed by atoms with Gasteiger partial charge in [-0.2, -0.15) is 5.10 Å². The van der Waals surface area contributed by atoms with Gasteiger partial charge in [0.1, 0.15) is 0 Å². The lowest BCUT2D eigenvalue weighted by molar-refractivity contribution is -0.121. The predicted octanol–water partition coefficient (Wildman–Crippen LogP) is 3.12. The third-order valence-electron chi connectivity index (χ3n) is 2.90. The molecule has 0 fully saturated rings. The zero-order valence-corrected chi connectivity index (χ0v) is 13.0. The van der Waals surface area contributed by atoms with Crippen molar-refractivity contribution in [2.24, 2.45) is 5.10 Å². The highest BCUT2D eigenvalue weighted by Crippen LogP contribution is 2.27. The second-order valence-corrected chi connectivity index (χ2v) is 4.59. The lowest BCUT2D eigenvalue weighted by Gasteiger charge is -2.09. The van der Waals surface area contributed by atoms with Crippen LogP contribution in [0.2, 0.25) is 0 Å². The van der Waals surface area contributed by atoms with Crippen molar-refractivity contribution in [1.82, 2.24) is 5.43 Å². The third-order valence-corrected chi connectivity index (χ3v) is 2.90. The number of methoxy groups -OCH3 is 1. The molecule has 0 unspecified atom stereocenters. The number of hydrogen-bond donors (Lipinski definition) is 1. The number of rotatable bonds is 9. The van der Waals surface area contributed by atoms with Crippen molar-refractivity contribution in [3.05, 3.63) is 23.8 Å². The van der Waals surface area contributed by atoms with Gasteiger partial charge in [0.15, 0.2) is 11.5 Å². The Labute approximate surface area is 126 Å². The minimum atomic E-state index is -0.0578. The van der Waals surface area contributed by atoms with Gasteiger partial charge in [0.05, 0.1) is 19.9 Å². The Kier molecular flexibility index (Phi) is 7.94. The van der Waals surface area contributed by atoms with Crippen LogP contribution in [0, 0.1) is 0 Å². The van der Waals surface area contributed by atoms with Crippen molar-refractivity contribution in [3.8, 4) is 11.5 Å². The SMILES string of the molecule is CCCCCC(=O)N/N=C/c1ccc(OCC)c(OC)c1. The van der Waals surface area contributed by atoms with Crippen molar-refractivity contribution >= 4 is 12.1 Å². The van der Waals surface area contributed by atoms with Crippen LogP contribution in [0.25, 0.3) is 0 Å². The first kappa shape index (κ1) is 17.0. The molecule has 0 spiro atoms. The van der Waals surface area contributed by atoms with Gasteiger partial charge in [0.2, 0.25) is 5.91 Å². The normalized spacial score (nSPS) is 10.6. The van der Waals surface area contributed by atoms with Crippen LogP contribution in [0.4, 0.5) is 0 Å². The summed E-state index contributed by atoms with van der Waals surface area (Å²) < 4.78 is 10.7. The highest BCUT2D eigenvalue weighted by Gasteiger charge is 2.04. The standard InChI is InChI=1S/C16H24N2O3/c1-4-6-7-8-16(19)18-17-12-13-9-10-14(21-5-2)15(11-13)20-3/h9-12H,4-8H2,1-3H3,(H,18,19)/b17-12+. The van der Waals surface area contributed by atoms with E-state index in [4.69, 9.17) is 9.47 Å². The summed E-state index contributed by atoms with van der Waals surface area (Å²) in [5, 5.41) is 3.95. The molecule has 5 heteroatoms. The van der Waals surface area contributed by atoms with Crippen LogP contribution < -0.4 is 14.9 Å². The summed E-state index contributed by atoms with van der Waals surface area (Å²) >= 11 is 0. The molecule has 1 aromatic carbocycles. The molecule has 0 saturated heterocycles. The Balaban J connectivity index is 2.54. The van der Waals surface area contributed by atoms with Crippen LogP contribution in [0.3, 0.4) is 0 Å². The number of ether oxygens (including phenoxy) is 2. The van der Waals surface area contributed by atoms with Gasteiger partial charge >= 0.3 is 0 Å². The summed E-state index contributed by atoms with van der Waals surface area (Å²) in [6.07, 6.45) is 5.16. The first-order valence-electron chi connectivity index (χ1n) is 7.34. The smallest absolute Gasteiger partial charge is 0.240 e. The fraction of sp³-hybridized carbons (Fsp3) is 0.500. The van der Waals surface area contributed by atoms with E-state index in [1.54, 1.807) is 13.3 Å². The molecule has 0 aliphatic heterocycles. The topological polar surface area (TPSA) is 59.9 Å². The maximum absolute atomic E-state index is 11.5. The molecule has 0 heterocycles. The Bertz CT molecular complexity index is 473.